The number of benzene rings is 2. The lowest BCUT2D eigenvalue weighted by Gasteiger charge is -2.13. The van der Waals surface area contributed by atoms with Crippen molar-refractivity contribution in [3.8, 4) is 11.4 Å². The fourth-order valence-corrected chi connectivity index (χ4v) is 3.29. The van der Waals surface area contributed by atoms with E-state index in [2.05, 4.69) is 10.4 Å². The van der Waals surface area contributed by atoms with Crippen molar-refractivity contribution in [2.45, 2.75) is 11.1 Å². The van der Waals surface area contributed by atoms with E-state index in [0.717, 1.165) is 18.2 Å². The van der Waals surface area contributed by atoms with Crippen LogP contribution < -0.4 is 15.2 Å². The van der Waals surface area contributed by atoms with E-state index in [0.29, 0.717) is 15.9 Å². The molecule has 0 radical (unpaired) electrons. The van der Waals surface area contributed by atoms with E-state index in [1.165, 1.54) is 24.3 Å². The van der Waals surface area contributed by atoms with Gasteiger partial charge in [-0.15, -0.1) is 0 Å². The third-order valence-corrected chi connectivity index (χ3v) is 5.27. The number of amides is 1. The van der Waals surface area contributed by atoms with Crippen LogP contribution in [0.15, 0.2) is 53.6 Å². The number of anilines is 1. The van der Waals surface area contributed by atoms with Crippen molar-refractivity contribution in [2.75, 3.05) is 5.32 Å². The van der Waals surface area contributed by atoms with E-state index in [1.807, 2.05) is 0 Å². The maximum atomic E-state index is 13.6. The van der Waals surface area contributed by atoms with E-state index < -0.39 is 33.7 Å². The third kappa shape index (κ3) is 5.28. The predicted octanol–water partition coefficient (Wildman–Crippen LogP) is 4.46. The second-order valence-electron chi connectivity index (χ2n) is 5.94. The summed E-state index contributed by atoms with van der Waals surface area (Å²) in [6.45, 7) is 0. The lowest BCUT2D eigenvalue weighted by atomic mass is 10.3. The van der Waals surface area contributed by atoms with Crippen LogP contribution in [0.1, 0.15) is 5.69 Å². The second-order valence-corrected chi connectivity index (χ2v) is 8.35. The minimum absolute atomic E-state index is 0.0240. The topological polar surface area (TPSA) is 116 Å². The number of carbonyl (C=O) groups is 1. The van der Waals surface area contributed by atoms with Gasteiger partial charge in [-0.1, -0.05) is 23.2 Å². The molecule has 3 aromatic rings. The van der Waals surface area contributed by atoms with Crippen molar-refractivity contribution in [2.24, 2.45) is 5.14 Å². The fraction of sp³-hybridized carbons (Fsp3) is 0.0588. The number of hydrogen-bond acceptors (Lipinski definition) is 5. The van der Waals surface area contributed by atoms with Crippen LogP contribution >= 0.6 is 23.2 Å². The molecule has 0 spiro atoms. The molecular formula is C17H11Cl2F3N4O4S. The van der Waals surface area contributed by atoms with E-state index in [1.54, 1.807) is 0 Å². The molecular weight excluding hydrogens is 484 g/mol. The molecule has 2 aromatic carbocycles. The third-order valence-electron chi connectivity index (χ3n) is 3.78. The number of nitrogens with one attached hydrogen (secondary N) is 1. The smallest absolute Gasteiger partial charge is 0.406 e. The van der Waals surface area contributed by atoms with Gasteiger partial charge < -0.3 is 4.74 Å². The minimum Gasteiger partial charge on any atom is -0.406 e. The number of nitrogens with zero attached hydrogens (tertiary/aromatic N) is 2. The number of rotatable bonds is 4. The standard InChI is InChI=1S/C17H11Cl2F3N4O4S/c18-9-1-3-10(4-2-9)26-15(17(20,21)22)14(8-24-26)30-16(27)25-13-7-11(31(23,28)29)5-6-12(13)19/h1-8H,(H,25,27)(H2,23,28,29). The summed E-state index contributed by atoms with van der Waals surface area (Å²) in [5.41, 5.74) is -1.57. The average Bonchev–Trinajstić information content (AvgIpc) is 3.07. The first-order chi connectivity index (χ1) is 14.4. The number of ether oxygens (including phenoxy) is 1. The quantitative estimate of drug-likeness (QED) is 0.555. The summed E-state index contributed by atoms with van der Waals surface area (Å²) in [6.07, 6.45) is -5.59. The van der Waals surface area contributed by atoms with E-state index >= 15 is 0 Å². The Morgan fingerprint density at radius 1 is 1.13 bits per heavy atom. The van der Waals surface area contributed by atoms with Crippen LogP contribution in [-0.2, 0) is 16.2 Å². The van der Waals surface area contributed by atoms with Crippen LogP contribution in [0.2, 0.25) is 10.0 Å². The molecule has 1 heterocycles. The van der Waals surface area contributed by atoms with Crippen LogP contribution in [-0.4, -0.2) is 24.3 Å². The molecule has 14 heteroatoms. The van der Waals surface area contributed by atoms with Gasteiger partial charge in [0.2, 0.25) is 10.0 Å². The maximum absolute atomic E-state index is 13.6. The average molecular weight is 495 g/mol. The Morgan fingerprint density at radius 2 is 1.77 bits per heavy atom. The van der Waals surface area contributed by atoms with Gasteiger partial charge >= 0.3 is 12.3 Å². The molecule has 0 atom stereocenters. The summed E-state index contributed by atoms with van der Waals surface area (Å²) in [5, 5.41) is 10.9. The van der Waals surface area contributed by atoms with Crippen molar-refractivity contribution in [3.05, 3.63) is 64.4 Å². The zero-order valence-electron chi connectivity index (χ0n) is 15.0. The number of primary sulfonamides is 1. The van der Waals surface area contributed by atoms with E-state index in [4.69, 9.17) is 33.1 Å². The highest BCUT2D eigenvalue weighted by Crippen LogP contribution is 2.38. The van der Waals surface area contributed by atoms with Crippen molar-refractivity contribution >= 4 is 45.0 Å². The number of carbonyl (C=O) groups excluding carboxylic acids is 1. The Labute approximate surface area is 183 Å². The van der Waals surface area contributed by atoms with E-state index in [-0.39, 0.29) is 21.3 Å². The molecule has 31 heavy (non-hydrogen) atoms. The molecule has 1 aromatic heterocycles. The largest absolute Gasteiger partial charge is 0.437 e. The van der Waals surface area contributed by atoms with Crippen molar-refractivity contribution < 1.29 is 31.1 Å². The van der Waals surface area contributed by atoms with Gasteiger partial charge in [0.1, 0.15) is 0 Å². The van der Waals surface area contributed by atoms with E-state index in [9.17, 15) is 26.4 Å². The summed E-state index contributed by atoms with van der Waals surface area (Å²) in [5.74, 6) is -0.890. The number of alkyl halides is 3. The Balaban J connectivity index is 1.91. The Morgan fingerprint density at radius 3 is 2.35 bits per heavy atom. The van der Waals surface area contributed by atoms with Gasteiger partial charge in [0.15, 0.2) is 11.4 Å². The molecule has 0 aliphatic heterocycles. The first kappa shape index (κ1) is 22.9. The highest BCUT2D eigenvalue weighted by Gasteiger charge is 2.40. The zero-order chi connectivity index (χ0) is 23.0. The molecule has 0 bridgehead atoms. The highest BCUT2D eigenvalue weighted by atomic mass is 35.5. The number of nitrogens with two attached hydrogens (primary N) is 1. The first-order valence-corrected chi connectivity index (χ1v) is 10.4. The van der Waals surface area contributed by atoms with Gasteiger partial charge in [-0.2, -0.15) is 18.3 Å². The van der Waals surface area contributed by atoms with Crippen molar-refractivity contribution in [1.29, 1.82) is 0 Å². The molecule has 0 aliphatic rings. The predicted molar refractivity (Wildman–Crippen MR) is 106 cm³/mol. The molecule has 0 aliphatic carbocycles. The lowest BCUT2D eigenvalue weighted by Crippen LogP contribution is -2.21. The summed E-state index contributed by atoms with van der Waals surface area (Å²) < 4.78 is 69.1. The molecule has 8 nitrogen and oxygen atoms in total. The van der Waals surface area contributed by atoms with Crippen LogP contribution in [0.4, 0.5) is 23.7 Å². The number of aromatic nitrogens is 2. The highest BCUT2D eigenvalue weighted by molar-refractivity contribution is 7.89. The maximum Gasteiger partial charge on any atom is 0.437 e. The molecule has 0 saturated heterocycles. The summed E-state index contributed by atoms with van der Waals surface area (Å²) in [4.78, 5) is 11.8. The lowest BCUT2D eigenvalue weighted by molar-refractivity contribution is -0.143. The molecule has 0 saturated carbocycles. The van der Waals surface area contributed by atoms with Gasteiger partial charge in [-0.3, -0.25) is 5.32 Å². The van der Waals surface area contributed by atoms with Crippen LogP contribution in [0.3, 0.4) is 0 Å². The monoisotopic (exact) mass is 494 g/mol. The SMILES string of the molecule is NS(=O)(=O)c1ccc(Cl)c(NC(=O)Oc2cnn(-c3ccc(Cl)cc3)c2C(F)(F)F)c1. The molecule has 3 N–H and O–H groups in total. The number of sulfonamides is 1. The molecule has 164 valence electrons. The Kier molecular flexibility index (Phi) is 6.18. The van der Waals surface area contributed by atoms with Crippen LogP contribution in [0, 0.1) is 0 Å². The minimum atomic E-state index is -4.93. The Hall–Kier alpha value is -2.80. The van der Waals surface area contributed by atoms with Gasteiger partial charge in [-0.05, 0) is 42.5 Å². The molecule has 3 rings (SSSR count). The zero-order valence-corrected chi connectivity index (χ0v) is 17.3. The number of hydrogen-bond donors (Lipinski definition) is 2. The van der Waals surface area contributed by atoms with Gasteiger partial charge in [0.05, 0.1) is 27.5 Å². The van der Waals surface area contributed by atoms with Gasteiger partial charge in [0.25, 0.3) is 0 Å². The van der Waals surface area contributed by atoms with Crippen LogP contribution in [0.25, 0.3) is 5.69 Å². The first-order valence-electron chi connectivity index (χ1n) is 8.08. The Bertz CT molecular complexity index is 1250. The van der Waals surface area contributed by atoms with Crippen LogP contribution in [0.5, 0.6) is 5.75 Å². The van der Waals surface area contributed by atoms with Gasteiger partial charge in [0, 0.05) is 5.02 Å². The van der Waals surface area contributed by atoms with Crippen molar-refractivity contribution in [1.82, 2.24) is 9.78 Å². The second kappa shape index (κ2) is 8.38. The summed E-state index contributed by atoms with van der Waals surface area (Å²) in [7, 11) is -4.12. The summed E-state index contributed by atoms with van der Waals surface area (Å²) >= 11 is 11.6. The molecule has 0 unspecified atom stereocenters. The molecule has 1 amide bonds. The fourth-order valence-electron chi connectivity index (χ4n) is 2.46. The van der Waals surface area contributed by atoms with Gasteiger partial charge in [-0.25, -0.2) is 23.0 Å². The summed E-state index contributed by atoms with van der Waals surface area (Å²) in [6, 6.07) is 8.49. The van der Waals surface area contributed by atoms with Crippen molar-refractivity contribution in [3.63, 3.8) is 0 Å². The number of halogens is 5. The normalized spacial score (nSPS) is 11.9. The molecule has 0 fully saturated rings.